The third-order valence-corrected chi connectivity index (χ3v) is 4.37. The molecule has 0 fully saturated rings. The average Bonchev–Trinajstić information content (AvgIpc) is 2.38. The Kier molecular flexibility index (Phi) is 4.19. The summed E-state index contributed by atoms with van der Waals surface area (Å²) in [4.78, 5) is 13.0. The number of aromatic amines is 1. The van der Waals surface area contributed by atoms with Crippen LogP contribution in [0.25, 0.3) is 0 Å². The molecule has 1 aromatic carbocycles. The average molecular weight is 314 g/mol. The van der Waals surface area contributed by atoms with Gasteiger partial charge in [0.1, 0.15) is 11.6 Å². The molecule has 0 bridgehead atoms. The Bertz CT molecular complexity index is 798. The van der Waals surface area contributed by atoms with Gasteiger partial charge in [0.25, 0.3) is 0 Å². The quantitative estimate of drug-likeness (QED) is 0.901. The van der Waals surface area contributed by atoms with Crippen LogP contribution in [0.1, 0.15) is 18.5 Å². The molecule has 0 aliphatic carbocycles. The second-order valence-corrected chi connectivity index (χ2v) is 6.11. The Morgan fingerprint density at radius 3 is 2.48 bits per heavy atom. The zero-order chi connectivity index (χ0) is 15.6. The van der Waals surface area contributed by atoms with Gasteiger partial charge in [-0.3, -0.25) is 4.79 Å². The van der Waals surface area contributed by atoms with Gasteiger partial charge in [0, 0.05) is 29.9 Å². The van der Waals surface area contributed by atoms with Gasteiger partial charge in [-0.15, -0.1) is 0 Å². The molecule has 1 unspecified atom stereocenters. The number of aromatic nitrogens is 1. The summed E-state index contributed by atoms with van der Waals surface area (Å²) in [5.41, 5.74) is -0.420. The van der Waals surface area contributed by atoms with Crippen molar-refractivity contribution < 1.29 is 17.2 Å². The highest BCUT2D eigenvalue weighted by atomic mass is 32.2. The Morgan fingerprint density at radius 1 is 1.19 bits per heavy atom. The van der Waals surface area contributed by atoms with Crippen LogP contribution in [0.2, 0.25) is 0 Å². The van der Waals surface area contributed by atoms with Crippen molar-refractivity contribution in [2.24, 2.45) is 0 Å². The Hall–Kier alpha value is -2.06. The standard InChI is InChI=1S/C13H12F2N2O3S/c1-8(11-4-2-9(14)6-12(11)15)17-21(19,20)10-3-5-13(18)16-7-10/h2-8,17H,1H3,(H,16,18). The van der Waals surface area contributed by atoms with Crippen molar-refractivity contribution in [2.75, 3.05) is 0 Å². The summed E-state index contributed by atoms with van der Waals surface area (Å²) < 4.78 is 52.9. The van der Waals surface area contributed by atoms with Gasteiger partial charge in [0.15, 0.2) is 0 Å². The predicted octanol–water partition coefficient (Wildman–Crippen LogP) is 1.69. The van der Waals surface area contributed by atoms with Crippen molar-refractivity contribution in [3.63, 3.8) is 0 Å². The number of halogens is 2. The third-order valence-electron chi connectivity index (χ3n) is 2.83. The van der Waals surface area contributed by atoms with E-state index in [0.29, 0.717) is 6.07 Å². The molecular formula is C13H12F2N2O3S. The first-order valence-corrected chi connectivity index (χ1v) is 7.44. The van der Waals surface area contributed by atoms with Crippen molar-refractivity contribution in [3.8, 4) is 0 Å². The van der Waals surface area contributed by atoms with E-state index in [1.807, 2.05) is 0 Å². The van der Waals surface area contributed by atoms with Crippen molar-refractivity contribution in [1.29, 1.82) is 0 Å². The molecule has 0 amide bonds. The Morgan fingerprint density at radius 2 is 1.90 bits per heavy atom. The summed E-state index contributed by atoms with van der Waals surface area (Å²) >= 11 is 0. The Balaban J connectivity index is 2.27. The fourth-order valence-corrected chi connectivity index (χ4v) is 2.97. The molecular weight excluding hydrogens is 302 g/mol. The summed E-state index contributed by atoms with van der Waals surface area (Å²) in [7, 11) is -3.93. The van der Waals surface area contributed by atoms with E-state index in [1.54, 1.807) is 0 Å². The normalized spacial score (nSPS) is 13.1. The maximum atomic E-state index is 13.6. The van der Waals surface area contributed by atoms with E-state index in [0.717, 1.165) is 24.4 Å². The van der Waals surface area contributed by atoms with Crippen molar-refractivity contribution in [1.82, 2.24) is 9.71 Å². The van der Waals surface area contributed by atoms with E-state index in [1.165, 1.54) is 13.0 Å². The van der Waals surface area contributed by atoms with Crippen LogP contribution in [0.5, 0.6) is 0 Å². The molecule has 1 aromatic heterocycles. The number of hydrogen-bond donors (Lipinski definition) is 2. The van der Waals surface area contributed by atoms with Crippen LogP contribution in [-0.2, 0) is 10.0 Å². The van der Waals surface area contributed by atoms with Gasteiger partial charge in [-0.05, 0) is 19.1 Å². The second-order valence-electron chi connectivity index (χ2n) is 4.40. The maximum Gasteiger partial charge on any atom is 0.247 e. The van der Waals surface area contributed by atoms with Crippen LogP contribution in [0.15, 0.2) is 46.2 Å². The van der Waals surface area contributed by atoms with Crippen molar-refractivity contribution in [3.05, 3.63) is 64.1 Å². The van der Waals surface area contributed by atoms with Crippen LogP contribution in [-0.4, -0.2) is 13.4 Å². The topological polar surface area (TPSA) is 79.0 Å². The zero-order valence-corrected chi connectivity index (χ0v) is 11.7. The number of benzene rings is 1. The van der Waals surface area contributed by atoms with Crippen LogP contribution >= 0.6 is 0 Å². The molecule has 1 atom stereocenters. The lowest BCUT2D eigenvalue weighted by Gasteiger charge is -2.15. The summed E-state index contributed by atoms with van der Waals surface area (Å²) in [5.74, 6) is -1.58. The highest BCUT2D eigenvalue weighted by Crippen LogP contribution is 2.20. The molecule has 0 aliphatic heterocycles. The minimum absolute atomic E-state index is 0.0180. The molecule has 2 N–H and O–H groups in total. The van der Waals surface area contributed by atoms with E-state index in [2.05, 4.69) is 9.71 Å². The van der Waals surface area contributed by atoms with Crippen LogP contribution in [0.3, 0.4) is 0 Å². The molecule has 0 saturated heterocycles. The molecule has 112 valence electrons. The molecule has 2 rings (SSSR count). The number of sulfonamides is 1. The lowest BCUT2D eigenvalue weighted by atomic mass is 10.1. The first kappa shape index (κ1) is 15.3. The molecule has 1 heterocycles. The molecule has 0 radical (unpaired) electrons. The number of pyridine rings is 1. The van der Waals surface area contributed by atoms with E-state index >= 15 is 0 Å². The number of H-pyrrole nitrogens is 1. The van der Waals surface area contributed by atoms with Crippen LogP contribution < -0.4 is 10.3 Å². The highest BCUT2D eigenvalue weighted by Gasteiger charge is 2.20. The number of nitrogens with one attached hydrogen (secondary N) is 2. The number of rotatable bonds is 4. The molecule has 5 nitrogen and oxygen atoms in total. The molecule has 0 aliphatic rings. The monoisotopic (exact) mass is 314 g/mol. The lowest BCUT2D eigenvalue weighted by molar-refractivity contribution is 0.539. The third kappa shape index (κ3) is 3.53. The van der Waals surface area contributed by atoms with Gasteiger partial charge < -0.3 is 4.98 Å². The summed E-state index contributed by atoms with van der Waals surface area (Å²) in [5, 5.41) is 0. The van der Waals surface area contributed by atoms with Gasteiger partial charge in [-0.2, -0.15) is 0 Å². The fourth-order valence-electron chi connectivity index (χ4n) is 1.78. The minimum atomic E-state index is -3.93. The van der Waals surface area contributed by atoms with Gasteiger partial charge in [0.05, 0.1) is 4.90 Å². The van der Waals surface area contributed by atoms with Gasteiger partial charge >= 0.3 is 0 Å². The van der Waals surface area contributed by atoms with E-state index in [9.17, 15) is 22.0 Å². The highest BCUT2D eigenvalue weighted by molar-refractivity contribution is 7.89. The van der Waals surface area contributed by atoms with Gasteiger partial charge in [0.2, 0.25) is 15.6 Å². The van der Waals surface area contributed by atoms with Gasteiger partial charge in [-0.25, -0.2) is 21.9 Å². The molecule has 0 spiro atoms. The van der Waals surface area contributed by atoms with E-state index in [4.69, 9.17) is 0 Å². The first-order chi connectivity index (χ1) is 9.79. The molecule has 0 saturated carbocycles. The predicted molar refractivity (Wildman–Crippen MR) is 72.2 cm³/mol. The summed E-state index contributed by atoms with van der Waals surface area (Å²) in [6.45, 7) is 1.43. The maximum absolute atomic E-state index is 13.6. The lowest BCUT2D eigenvalue weighted by Crippen LogP contribution is -2.28. The van der Waals surface area contributed by atoms with Crippen molar-refractivity contribution in [2.45, 2.75) is 17.9 Å². The smallest absolute Gasteiger partial charge is 0.247 e. The largest absolute Gasteiger partial charge is 0.328 e. The molecule has 8 heteroatoms. The Labute approximate surface area is 119 Å². The number of hydrogen-bond acceptors (Lipinski definition) is 3. The molecule has 21 heavy (non-hydrogen) atoms. The first-order valence-electron chi connectivity index (χ1n) is 5.95. The van der Waals surface area contributed by atoms with Gasteiger partial charge in [-0.1, -0.05) is 6.07 Å². The van der Waals surface area contributed by atoms with E-state index in [-0.39, 0.29) is 10.5 Å². The zero-order valence-electron chi connectivity index (χ0n) is 10.9. The fraction of sp³-hybridized carbons (Fsp3) is 0.154. The summed E-state index contributed by atoms with van der Waals surface area (Å²) in [6, 6.07) is 4.20. The SMILES string of the molecule is CC(NS(=O)(=O)c1ccc(=O)[nH]c1)c1ccc(F)cc1F. The van der Waals surface area contributed by atoms with Crippen LogP contribution in [0, 0.1) is 11.6 Å². The summed E-state index contributed by atoms with van der Waals surface area (Å²) in [6.07, 6.45) is 1.04. The minimum Gasteiger partial charge on any atom is -0.328 e. The molecule has 2 aromatic rings. The second kappa shape index (κ2) is 5.74. The van der Waals surface area contributed by atoms with Crippen LogP contribution in [0.4, 0.5) is 8.78 Å². The van der Waals surface area contributed by atoms with Crippen molar-refractivity contribution >= 4 is 10.0 Å². The van der Waals surface area contributed by atoms with E-state index < -0.39 is 33.3 Å².